The van der Waals surface area contributed by atoms with Crippen LogP contribution < -0.4 is 5.32 Å². The predicted octanol–water partition coefficient (Wildman–Crippen LogP) is 3.18. The first kappa shape index (κ1) is 13.9. The molecule has 1 aliphatic rings. The highest BCUT2D eigenvalue weighted by molar-refractivity contribution is 8.13. The molecule has 1 N–H and O–H groups in total. The lowest BCUT2D eigenvalue weighted by Gasteiger charge is -2.35. The molecular weight excluding hydrogens is 262 g/mol. The number of thiazole rings is 1. The van der Waals surface area contributed by atoms with Crippen molar-refractivity contribution in [2.45, 2.75) is 39.7 Å². The Morgan fingerprint density at radius 1 is 1.50 bits per heavy atom. The summed E-state index contributed by atoms with van der Waals surface area (Å²) in [5.41, 5.74) is 3.33. The van der Waals surface area contributed by atoms with Gasteiger partial charge in [0.15, 0.2) is 5.17 Å². The Hall–Kier alpha value is -0.550. The number of thioether (sulfide) groups is 1. The summed E-state index contributed by atoms with van der Waals surface area (Å²) in [6.07, 6.45) is 2.16. The van der Waals surface area contributed by atoms with Crippen molar-refractivity contribution in [2.24, 2.45) is 10.4 Å². The van der Waals surface area contributed by atoms with Gasteiger partial charge >= 0.3 is 0 Å². The third-order valence-electron chi connectivity index (χ3n) is 3.10. The lowest BCUT2D eigenvalue weighted by Crippen LogP contribution is -2.46. The molecule has 3 nitrogen and oxygen atoms in total. The molecule has 1 fully saturated rings. The van der Waals surface area contributed by atoms with Crippen LogP contribution in [0.1, 0.15) is 32.9 Å². The minimum absolute atomic E-state index is 0.302. The summed E-state index contributed by atoms with van der Waals surface area (Å²) in [6.45, 7) is 7.69. The first-order valence-corrected chi connectivity index (χ1v) is 8.29. The molecule has 1 aromatic rings. The fourth-order valence-electron chi connectivity index (χ4n) is 1.91. The van der Waals surface area contributed by atoms with Crippen LogP contribution >= 0.6 is 23.1 Å². The van der Waals surface area contributed by atoms with Crippen LogP contribution in [0, 0.1) is 5.41 Å². The molecular formula is C13H21N3S2. The number of nitrogens with zero attached hydrogens (tertiary/aromatic N) is 2. The zero-order chi connectivity index (χ0) is 13.0. The van der Waals surface area contributed by atoms with Gasteiger partial charge in [0.2, 0.25) is 0 Å². The molecule has 0 radical (unpaired) electrons. The Balaban J connectivity index is 1.85. The van der Waals surface area contributed by atoms with E-state index in [1.165, 1.54) is 12.2 Å². The average molecular weight is 283 g/mol. The molecule has 0 aromatic carbocycles. The van der Waals surface area contributed by atoms with Crippen molar-refractivity contribution in [2.75, 3.05) is 12.3 Å². The largest absolute Gasteiger partial charge is 0.362 e. The summed E-state index contributed by atoms with van der Waals surface area (Å²) in [7, 11) is 0. The van der Waals surface area contributed by atoms with Gasteiger partial charge in [-0.05, 0) is 11.8 Å². The quantitative estimate of drug-likeness (QED) is 0.925. The van der Waals surface area contributed by atoms with E-state index in [1.54, 1.807) is 11.3 Å². The zero-order valence-corrected chi connectivity index (χ0v) is 12.9. The van der Waals surface area contributed by atoms with Crippen molar-refractivity contribution in [1.29, 1.82) is 0 Å². The van der Waals surface area contributed by atoms with Crippen molar-refractivity contribution in [3.63, 3.8) is 0 Å². The normalized spacial score (nSPS) is 23.1. The van der Waals surface area contributed by atoms with Gasteiger partial charge in [-0.15, -0.1) is 11.3 Å². The maximum Gasteiger partial charge on any atom is 0.156 e. The van der Waals surface area contributed by atoms with E-state index in [2.05, 4.69) is 41.4 Å². The van der Waals surface area contributed by atoms with Crippen LogP contribution in [0.15, 0.2) is 15.9 Å². The lowest BCUT2D eigenvalue weighted by molar-refractivity contribution is 0.290. The third-order valence-corrected chi connectivity index (χ3v) is 4.69. The van der Waals surface area contributed by atoms with Crippen molar-refractivity contribution >= 4 is 28.3 Å². The maximum absolute atomic E-state index is 4.65. The second-order valence-electron chi connectivity index (χ2n) is 5.62. The minimum atomic E-state index is 0.302. The Labute approximate surface area is 118 Å². The molecule has 1 saturated heterocycles. The average Bonchev–Trinajstić information content (AvgIpc) is 2.81. The number of hydrogen-bond donors (Lipinski definition) is 1. The first-order valence-electron chi connectivity index (χ1n) is 6.36. The van der Waals surface area contributed by atoms with Gasteiger partial charge in [0.1, 0.15) is 0 Å². The van der Waals surface area contributed by atoms with Crippen LogP contribution in [-0.4, -0.2) is 28.5 Å². The summed E-state index contributed by atoms with van der Waals surface area (Å²) in [5.74, 6) is 1.17. The molecule has 2 heterocycles. The SMILES string of the molecule is CC(C)(C)C1CCSC(=NCCc2cscn2)N1. The van der Waals surface area contributed by atoms with Gasteiger partial charge < -0.3 is 5.32 Å². The van der Waals surface area contributed by atoms with Gasteiger partial charge in [-0.3, -0.25) is 4.99 Å². The van der Waals surface area contributed by atoms with Gasteiger partial charge in [-0.1, -0.05) is 32.5 Å². The molecule has 1 unspecified atom stereocenters. The van der Waals surface area contributed by atoms with Crippen LogP contribution in [0.3, 0.4) is 0 Å². The third kappa shape index (κ3) is 3.99. The van der Waals surface area contributed by atoms with E-state index in [1.807, 2.05) is 17.3 Å². The molecule has 1 atom stereocenters. The molecule has 0 aliphatic carbocycles. The maximum atomic E-state index is 4.65. The van der Waals surface area contributed by atoms with Crippen LogP contribution in [-0.2, 0) is 6.42 Å². The lowest BCUT2D eigenvalue weighted by atomic mass is 9.85. The molecule has 0 bridgehead atoms. The summed E-state index contributed by atoms with van der Waals surface area (Å²) in [5, 5.41) is 6.77. The molecule has 0 spiro atoms. The van der Waals surface area contributed by atoms with E-state index >= 15 is 0 Å². The van der Waals surface area contributed by atoms with E-state index < -0.39 is 0 Å². The van der Waals surface area contributed by atoms with Crippen LogP contribution in [0.4, 0.5) is 0 Å². The molecule has 5 heteroatoms. The van der Waals surface area contributed by atoms with Crippen LogP contribution in [0.5, 0.6) is 0 Å². The second kappa shape index (κ2) is 6.06. The van der Waals surface area contributed by atoms with Crippen molar-refractivity contribution in [3.05, 3.63) is 16.6 Å². The summed E-state index contributed by atoms with van der Waals surface area (Å²) < 4.78 is 0. The van der Waals surface area contributed by atoms with Crippen LogP contribution in [0.25, 0.3) is 0 Å². The number of aromatic nitrogens is 1. The van der Waals surface area contributed by atoms with E-state index in [4.69, 9.17) is 0 Å². The van der Waals surface area contributed by atoms with Crippen molar-refractivity contribution in [3.8, 4) is 0 Å². The molecule has 0 amide bonds. The van der Waals surface area contributed by atoms with Gasteiger partial charge in [0.05, 0.1) is 11.2 Å². The Bertz CT molecular complexity index is 393. The Morgan fingerprint density at radius 3 is 3.00 bits per heavy atom. The zero-order valence-electron chi connectivity index (χ0n) is 11.3. The highest BCUT2D eigenvalue weighted by Crippen LogP contribution is 2.27. The van der Waals surface area contributed by atoms with Crippen molar-refractivity contribution in [1.82, 2.24) is 10.3 Å². The fraction of sp³-hybridized carbons (Fsp3) is 0.692. The number of hydrogen-bond acceptors (Lipinski definition) is 4. The molecule has 18 heavy (non-hydrogen) atoms. The number of rotatable bonds is 3. The molecule has 1 aliphatic heterocycles. The fourth-order valence-corrected chi connectivity index (χ4v) is 3.46. The Morgan fingerprint density at radius 2 is 2.33 bits per heavy atom. The van der Waals surface area contributed by atoms with Gasteiger partial charge in [0.25, 0.3) is 0 Å². The second-order valence-corrected chi connectivity index (χ2v) is 7.42. The Kier molecular flexibility index (Phi) is 4.67. The summed E-state index contributed by atoms with van der Waals surface area (Å²) in [6, 6.07) is 0.539. The standard InChI is InChI=1S/C13H21N3S2/c1-13(2,3)11-5-7-18-12(16-11)14-6-4-10-8-17-9-15-10/h8-9,11H,4-7H2,1-3H3,(H,14,16). The minimum Gasteiger partial charge on any atom is -0.362 e. The van der Waals surface area contributed by atoms with E-state index in [0.29, 0.717) is 11.5 Å². The molecule has 1 aromatic heterocycles. The number of nitrogens with one attached hydrogen (secondary N) is 1. The van der Waals surface area contributed by atoms with Gasteiger partial charge in [-0.2, -0.15) is 0 Å². The van der Waals surface area contributed by atoms with E-state index in [-0.39, 0.29) is 0 Å². The monoisotopic (exact) mass is 283 g/mol. The highest BCUT2D eigenvalue weighted by Gasteiger charge is 2.28. The smallest absolute Gasteiger partial charge is 0.156 e. The summed E-state index contributed by atoms with van der Waals surface area (Å²) >= 11 is 3.49. The number of aliphatic imine (C=N–C) groups is 1. The van der Waals surface area contributed by atoms with Crippen molar-refractivity contribution < 1.29 is 0 Å². The topological polar surface area (TPSA) is 37.3 Å². The first-order chi connectivity index (χ1) is 8.55. The highest BCUT2D eigenvalue weighted by atomic mass is 32.2. The van der Waals surface area contributed by atoms with E-state index in [9.17, 15) is 0 Å². The molecule has 2 rings (SSSR count). The summed E-state index contributed by atoms with van der Waals surface area (Å²) in [4.78, 5) is 8.93. The van der Waals surface area contributed by atoms with Gasteiger partial charge in [-0.25, -0.2) is 4.98 Å². The van der Waals surface area contributed by atoms with Gasteiger partial charge in [0, 0.05) is 30.1 Å². The molecule has 100 valence electrons. The number of amidine groups is 1. The van der Waals surface area contributed by atoms with Crippen LogP contribution in [0.2, 0.25) is 0 Å². The predicted molar refractivity (Wildman–Crippen MR) is 81.6 cm³/mol. The van der Waals surface area contributed by atoms with E-state index in [0.717, 1.165) is 23.8 Å². The molecule has 0 saturated carbocycles.